The largest absolute Gasteiger partial charge is 0.301 e. The second-order valence-corrected chi connectivity index (χ2v) is 9.31. The van der Waals surface area contributed by atoms with E-state index in [1.54, 1.807) is 36.4 Å². The molecular formula is C22H16ClFN4O3S. The number of carbonyl (C=O) groups is 1. The van der Waals surface area contributed by atoms with Gasteiger partial charge < -0.3 is 4.90 Å². The van der Waals surface area contributed by atoms with Crippen molar-refractivity contribution in [2.45, 2.75) is 11.6 Å². The molecule has 0 fully saturated rings. The lowest BCUT2D eigenvalue weighted by atomic mass is 10.1. The number of anilines is 1. The number of sulfone groups is 1. The zero-order valence-corrected chi connectivity index (χ0v) is 18.3. The van der Waals surface area contributed by atoms with E-state index in [0.29, 0.717) is 16.5 Å². The van der Waals surface area contributed by atoms with E-state index in [4.69, 9.17) is 11.6 Å². The van der Waals surface area contributed by atoms with Crippen LogP contribution in [0.25, 0.3) is 10.9 Å². The molecule has 3 aromatic heterocycles. The molecule has 0 aliphatic heterocycles. The number of hydrogen-bond donors (Lipinski definition) is 0. The van der Waals surface area contributed by atoms with Gasteiger partial charge in [-0.3, -0.25) is 9.78 Å². The summed E-state index contributed by atoms with van der Waals surface area (Å²) in [5, 5.41) is 0.0600. The first-order valence-electron chi connectivity index (χ1n) is 9.35. The number of pyridine rings is 3. The summed E-state index contributed by atoms with van der Waals surface area (Å²) in [5.74, 6) is -1.09. The number of nitrogens with zero attached hydrogens (tertiary/aromatic N) is 4. The summed E-state index contributed by atoms with van der Waals surface area (Å²) in [6, 6.07) is 12.6. The number of benzene rings is 1. The Kier molecular flexibility index (Phi) is 5.86. The van der Waals surface area contributed by atoms with E-state index < -0.39 is 21.6 Å². The zero-order valence-electron chi connectivity index (χ0n) is 16.7. The highest BCUT2D eigenvalue weighted by Crippen LogP contribution is 2.28. The summed E-state index contributed by atoms with van der Waals surface area (Å²) in [5.41, 5.74) is 1.49. The summed E-state index contributed by atoms with van der Waals surface area (Å²) in [7, 11) is -3.72. The molecule has 7 nitrogen and oxygen atoms in total. The number of rotatable bonds is 5. The van der Waals surface area contributed by atoms with Crippen molar-refractivity contribution < 1.29 is 17.6 Å². The third-order valence-electron chi connectivity index (χ3n) is 4.68. The molecule has 0 aliphatic rings. The Bertz CT molecular complexity index is 1430. The van der Waals surface area contributed by atoms with Crippen LogP contribution in [0, 0.1) is 5.82 Å². The average molecular weight is 471 g/mol. The number of amides is 1. The minimum atomic E-state index is -3.72. The van der Waals surface area contributed by atoms with E-state index in [2.05, 4.69) is 15.0 Å². The standard InChI is InChI=1S/C22H16ClFN4O3S/c1-32(30,31)21-19(5-3-9-26-21)28(22(29)16-4-2-8-25-12-16)13-14-6-7-15-11-17(24)20(23)27-18(15)10-14/h2-12H,13H2,1H3. The predicted molar refractivity (Wildman–Crippen MR) is 119 cm³/mol. The van der Waals surface area contributed by atoms with Gasteiger partial charge in [0.2, 0.25) is 0 Å². The van der Waals surface area contributed by atoms with E-state index in [0.717, 1.165) is 6.26 Å². The van der Waals surface area contributed by atoms with Crippen molar-refractivity contribution in [3.05, 3.63) is 89.2 Å². The zero-order chi connectivity index (χ0) is 22.9. The normalized spacial score (nSPS) is 11.5. The molecule has 1 amide bonds. The summed E-state index contributed by atoms with van der Waals surface area (Å²) in [6.07, 6.45) is 5.31. The number of hydrogen-bond acceptors (Lipinski definition) is 6. The predicted octanol–water partition coefficient (Wildman–Crippen LogP) is 4.07. The van der Waals surface area contributed by atoms with Crippen molar-refractivity contribution in [2.75, 3.05) is 11.2 Å². The van der Waals surface area contributed by atoms with E-state index in [9.17, 15) is 17.6 Å². The molecule has 4 aromatic rings. The lowest BCUT2D eigenvalue weighted by Crippen LogP contribution is -2.32. The Morgan fingerprint density at radius 1 is 1.12 bits per heavy atom. The van der Waals surface area contributed by atoms with E-state index in [-0.39, 0.29) is 28.0 Å². The van der Waals surface area contributed by atoms with Crippen LogP contribution in [0.4, 0.5) is 10.1 Å². The molecule has 0 spiro atoms. The summed E-state index contributed by atoms with van der Waals surface area (Å²) in [4.78, 5) is 26.7. The first-order chi connectivity index (χ1) is 15.2. The van der Waals surface area contributed by atoms with Crippen LogP contribution in [0.5, 0.6) is 0 Å². The Morgan fingerprint density at radius 3 is 2.62 bits per heavy atom. The number of aromatic nitrogens is 3. The Labute approximate surface area is 188 Å². The highest BCUT2D eigenvalue weighted by Gasteiger charge is 2.25. The Balaban J connectivity index is 1.83. The average Bonchev–Trinajstić information content (AvgIpc) is 2.78. The van der Waals surface area contributed by atoms with E-state index >= 15 is 0 Å². The van der Waals surface area contributed by atoms with E-state index in [1.165, 1.54) is 35.6 Å². The minimum absolute atomic E-state index is 0.00849. The second-order valence-electron chi connectivity index (χ2n) is 7.02. The third kappa shape index (κ3) is 4.44. The van der Waals surface area contributed by atoms with Gasteiger partial charge in [-0.1, -0.05) is 23.7 Å². The maximum Gasteiger partial charge on any atom is 0.260 e. The third-order valence-corrected chi connectivity index (χ3v) is 5.96. The SMILES string of the molecule is CS(=O)(=O)c1ncccc1N(Cc1ccc2cc(F)c(Cl)nc2c1)C(=O)c1cccnc1. The quantitative estimate of drug-likeness (QED) is 0.408. The molecule has 4 rings (SSSR count). The molecule has 0 aliphatic carbocycles. The molecular weight excluding hydrogens is 455 g/mol. The highest BCUT2D eigenvalue weighted by atomic mass is 35.5. The van der Waals surface area contributed by atoms with Crippen molar-refractivity contribution >= 4 is 43.9 Å². The summed E-state index contributed by atoms with van der Waals surface area (Å²) < 4.78 is 38.4. The molecule has 0 bridgehead atoms. The molecule has 32 heavy (non-hydrogen) atoms. The van der Waals surface area contributed by atoms with Crippen molar-refractivity contribution in [1.82, 2.24) is 15.0 Å². The van der Waals surface area contributed by atoms with Crippen molar-refractivity contribution in [3.8, 4) is 0 Å². The first kappa shape index (κ1) is 21.8. The summed E-state index contributed by atoms with van der Waals surface area (Å²) >= 11 is 5.81. The minimum Gasteiger partial charge on any atom is -0.301 e. The van der Waals surface area contributed by atoms with Crippen LogP contribution >= 0.6 is 11.6 Å². The van der Waals surface area contributed by atoms with Gasteiger partial charge in [-0.05, 0) is 42.0 Å². The van der Waals surface area contributed by atoms with Gasteiger partial charge in [0.25, 0.3) is 5.91 Å². The molecule has 0 saturated heterocycles. The maximum absolute atomic E-state index is 13.7. The fraction of sp³-hybridized carbons (Fsp3) is 0.0909. The van der Waals surface area contributed by atoms with Gasteiger partial charge in [0.05, 0.1) is 23.3 Å². The Morgan fingerprint density at radius 2 is 1.91 bits per heavy atom. The lowest BCUT2D eigenvalue weighted by molar-refractivity contribution is 0.0984. The molecule has 0 saturated carbocycles. The van der Waals surface area contributed by atoms with Crippen LogP contribution in [-0.2, 0) is 16.4 Å². The van der Waals surface area contributed by atoms with Crippen LogP contribution in [0.15, 0.2) is 72.1 Å². The van der Waals surface area contributed by atoms with Crippen LogP contribution in [0.2, 0.25) is 5.15 Å². The lowest BCUT2D eigenvalue weighted by Gasteiger charge is -2.24. The van der Waals surface area contributed by atoms with Crippen LogP contribution in [-0.4, -0.2) is 35.5 Å². The second kappa shape index (κ2) is 8.60. The van der Waals surface area contributed by atoms with Crippen molar-refractivity contribution in [2.24, 2.45) is 0 Å². The summed E-state index contributed by atoms with van der Waals surface area (Å²) in [6.45, 7) is 0.00849. The maximum atomic E-state index is 13.7. The number of fused-ring (bicyclic) bond motifs is 1. The van der Waals surface area contributed by atoms with Crippen LogP contribution < -0.4 is 4.90 Å². The topological polar surface area (TPSA) is 93.1 Å². The molecule has 10 heteroatoms. The molecule has 0 unspecified atom stereocenters. The monoisotopic (exact) mass is 470 g/mol. The number of halogens is 2. The highest BCUT2D eigenvalue weighted by molar-refractivity contribution is 7.90. The molecule has 0 radical (unpaired) electrons. The Hall–Kier alpha value is -3.43. The smallest absolute Gasteiger partial charge is 0.260 e. The molecule has 1 aromatic carbocycles. The fourth-order valence-electron chi connectivity index (χ4n) is 3.23. The fourth-order valence-corrected chi connectivity index (χ4v) is 4.19. The van der Waals surface area contributed by atoms with Crippen LogP contribution in [0.1, 0.15) is 15.9 Å². The van der Waals surface area contributed by atoms with E-state index in [1.807, 2.05) is 0 Å². The van der Waals surface area contributed by atoms with Crippen molar-refractivity contribution in [1.29, 1.82) is 0 Å². The van der Waals surface area contributed by atoms with Crippen molar-refractivity contribution in [3.63, 3.8) is 0 Å². The molecule has 0 atom stereocenters. The van der Waals surface area contributed by atoms with Gasteiger partial charge in [0, 0.05) is 30.2 Å². The van der Waals surface area contributed by atoms with Gasteiger partial charge in [-0.15, -0.1) is 0 Å². The molecule has 3 heterocycles. The van der Waals surface area contributed by atoms with Gasteiger partial charge in [0.15, 0.2) is 25.8 Å². The van der Waals surface area contributed by atoms with Crippen LogP contribution in [0.3, 0.4) is 0 Å². The van der Waals surface area contributed by atoms with Gasteiger partial charge >= 0.3 is 0 Å². The van der Waals surface area contributed by atoms with Gasteiger partial charge in [-0.2, -0.15) is 0 Å². The molecule has 162 valence electrons. The first-order valence-corrected chi connectivity index (χ1v) is 11.6. The number of carbonyl (C=O) groups excluding carboxylic acids is 1. The van der Waals surface area contributed by atoms with Gasteiger partial charge in [-0.25, -0.2) is 22.8 Å². The van der Waals surface area contributed by atoms with Gasteiger partial charge in [0.1, 0.15) is 0 Å². The molecule has 0 N–H and O–H groups in total.